The lowest BCUT2D eigenvalue weighted by atomic mass is 10.2. The Balaban J connectivity index is 2.68. The van der Waals surface area contributed by atoms with Crippen LogP contribution >= 0.6 is 0 Å². The van der Waals surface area contributed by atoms with Gasteiger partial charge in [-0.3, -0.25) is 5.32 Å². The van der Waals surface area contributed by atoms with Crippen molar-refractivity contribution in [1.29, 1.82) is 0 Å². The van der Waals surface area contributed by atoms with Gasteiger partial charge in [-0.25, -0.2) is 4.79 Å². The van der Waals surface area contributed by atoms with Crippen LogP contribution in [0.2, 0.25) is 0 Å². The van der Waals surface area contributed by atoms with Crippen LogP contribution in [0.25, 0.3) is 0 Å². The highest BCUT2D eigenvalue weighted by Crippen LogP contribution is 2.26. The van der Waals surface area contributed by atoms with Crippen LogP contribution in [0.1, 0.15) is 12.5 Å². The molecule has 7 heteroatoms. The number of nitrogens with one attached hydrogen (secondary N) is 1. The molecule has 1 aromatic carbocycles. The molecule has 0 fully saturated rings. The van der Waals surface area contributed by atoms with E-state index >= 15 is 0 Å². The van der Waals surface area contributed by atoms with Gasteiger partial charge in [-0.15, -0.1) is 0 Å². The van der Waals surface area contributed by atoms with Crippen molar-refractivity contribution in [2.45, 2.75) is 20.0 Å². The number of benzene rings is 1. The fourth-order valence-electron chi connectivity index (χ4n) is 1.30. The number of halogens is 3. The molecule has 0 spiro atoms. The lowest BCUT2D eigenvalue weighted by molar-refractivity contribution is -0.159. The molecule has 1 N–H and O–H groups in total. The molecular weight excluding hydrogens is 263 g/mol. The zero-order chi connectivity index (χ0) is 14.5. The van der Waals surface area contributed by atoms with Gasteiger partial charge in [0.05, 0.1) is 12.3 Å². The first-order valence-corrected chi connectivity index (χ1v) is 5.56. The maximum Gasteiger partial charge on any atom is 0.422 e. The molecule has 0 unspecified atom stereocenters. The van der Waals surface area contributed by atoms with Crippen molar-refractivity contribution >= 4 is 11.8 Å². The fraction of sp³-hybridized carbons (Fsp3) is 0.417. The molecule has 19 heavy (non-hydrogen) atoms. The minimum absolute atomic E-state index is 0.264. The van der Waals surface area contributed by atoms with E-state index in [1.54, 1.807) is 19.1 Å². The Morgan fingerprint density at radius 2 is 2.05 bits per heavy atom. The Morgan fingerprint density at radius 1 is 1.37 bits per heavy atom. The molecule has 1 amide bonds. The topological polar surface area (TPSA) is 47.6 Å². The van der Waals surface area contributed by atoms with E-state index in [-0.39, 0.29) is 5.69 Å². The summed E-state index contributed by atoms with van der Waals surface area (Å²) in [4.78, 5) is 11.2. The van der Waals surface area contributed by atoms with Crippen LogP contribution in [-0.4, -0.2) is 25.5 Å². The summed E-state index contributed by atoms with van der Waals surface area (Å²) in [5.41, 5.74) is 1.16. The van der Waals surface area contributed by atoms with Crippen LogP contribution in [0.15, 0.2) is 18.2 Å². The monoisotopic (exact) mass is 277 g/mol. The highest BCUT2D eigenvalue weighted by Gasteiger charge is 2.29. The Morgan fingerprint density at radius 3 is 2.63 bits per heavy atom. The van der Waals surface area contributed by atoms with Crippen LogP contribution in [0.4, 0.5) is 23.7 Å². The van der Waals surface area contributed by atoms with Gasteiger partial charge in [0.15, 0.2) is 6.61 Å². The second kappa shape index (κ2) is 6.31. The molecular formula is C12H14F3NO3. The zero-order valence-corrected chi connectivity index (χ0v) is 10.5. The molecule has 0 atom stereocenters. The van der Waals surface area contributed by atoms with Crippen molar-refractivity contribution < 1.29 is 27.4 Å². The number of hydrogen-bond donors (Lipinski definition) is 1. The maximum atomic E-state index is 11.9. The number of carbonyl (C=O) groups is 1. The predicted octanol–water partition coefficient (Wildman–Crippen LogP) is 3.50. The quantitative estimate of drug-likeness (QED) is 0.916. The van der Waals surface area contributed by atoms with Crippen LogP contribution in [0.5, 0.6) is 5.75 Å². The summed E-state index contributed by atoms with van der Waals surface area (Å²) in [5, 5.41) is 2.21. The van der Waals surface area contributed by atoms with Gasteiger partial charge in [0.1, 0.15) is 5.75 Å². The Labute approximate surface area is 108 Å². The minimum atomic E-state index is -4.55. The van der Waals surface area contributed by atoms with Crippen LogP contribution in [0.3, 0.4) is 0 Å². The molecule has 0 aliphatic rings. The van der Waals surface area contributed by atoms with Crippen molar-refractivity contribution in [2.75, 3.05) is 18.5 Å². The van der Waals surface area contributed by atoms with Gasteiger partial charge in [0.25, 0.3) is 0 Å². The summed E-state index contributed by atoms with van der Waals surface area (Å²) in [6.45, 7) is 2.33. The molecule has 1 aromatic rings. The van der Waals surface area contributed by atoms with Crippen LogP contribution in [0, 0.1) is 6.92 Å². The third kappa shape index (κ3) is 5.50. The Kier molecular flexibility index (Phi) is 5.02. The second-order valence-corrected chi connectivity index (χ2v) is 3.75. The second-order valence-electron chi connectivity index (χ2n) is 3.75. The molecule has 4 nitrogen and oxygen atoms in total. The van der Waals surface area contributed by atoms with Gasteiger partial charge in [-0.1, -0.05) is 6.07 Å². The molecule has 0 radical (unpaired) electrons. The SMILES string of the molecule is CCOc1cc(C)ccc1NC(=O)OCC(F)(F)F. The average Bonchev–Trinajstić information content (AvgIpc) is 2.30. The van der Waals surface area contributed by atoms with E-state index < -0.39 is 18.9 Å². The number of rotatable bonds is 4. The molecule has 0 aromatic heterocycles. The summed E-state index contributed by atoms with van der Waals surface area (Å²) >= 11 is 0. The molecule has 0 saturated heterocycles. The van der Waals surface area contributed by atoms with E-state index in [1.807, 2.05) is 6.92 Å². The van der Waals surface area contributed by atoms with Gasteiger partial charge >= 0.3 is 12.3 Å². The number of ether oxygens (including phenoxy) is 2. The van der Waals surface area contributed by atoms with Gasteiger partial charge < -0.3 is 9.47 Å². The first kappa shape index (κ1) is 15.1. The first-order chi connectivity index (χ1) is 8.81. The average molecular weight is 277 g/mol. The number of alkyl halides is 3. The lowest BCUT2D eigenvalue weighted by Gasteiger charge is -2.13. The number of aryl methyl sites for hydroxylation is 1. The highest BCUT2D eigenvalue weighted by molar-refractivity contribution is 5.86. The summed E-state index contributed by atoms with van der Waals surface area (Å²) in [6, 6.07) is 4.90. The van der Waals surface area contributed by atoms with E-state index in [4.69, 9.17) is 4.74 Å². The van der Waals surface area contributed by atoms with Gasteiger partial charge in [0, 0.05) is 0 Å². The van der Waals surface area contributed by atoms with E-state index in [2.05, 4.69) is 10.1 Å². The molecule has 0 bridgehead atoms. The fourth-order valence-corrected chi connectivity index (χ4v) is 1.30. The normalized spacial score (nSPS) is 11.0. The third-order valence-electron chi connectivity index (χ3n) is 2.04. The van der Waals surface area contributed by atoms with Crippen molar-refractivity contribution in [3.05, 3.63) is 23.8 Å². The van der Waals surface area contributed by atoms with Gasteiger partial charge in [-0.05, 0) is 31.5 Å². The first-order valence-electron chi connectivity index (χ1n) is 5.56. The zero-order valence-electron chi connectivity index (χ0n) is 10.5. The Bertz CT molecular complexity index is 446. The molecule has 0 aliphatic heterocycles. The highest BCUT2D eigenvalue weighted by atomic mass is 19.4. The molecule has 106 valence electrons. The van der Waals surface area contributed by atoms with E-state index in [0.717, 1.165) is 5.56 Å². The number of carbonyl (C=O) groups excluding carboxylic acids is 1. The number of anilines is 1. The standard InChI is InChI=1S/C12H14F3NO3/c1-3-18-10-6-8(2)4-5-9(10)16-11(17)19-7-12(13,14)15/h4-6H,3,7H2,1-2H3,(H,16,17). The number of hydrogen-bond acceptors (Lipinski definition) is 3. The molecule has 0 heterocycles. The third-order valence-corrected chi connectivity index (χ3v) is 2.04. The molecule has 0 aliphatic carbocycles. The van der Waals surface area contributed by atoms with E-state index in [1.165, 1.54) is 6.07 Å². The molecule has 0 saturated carbocycles. The maximum absolute atomic E-state index is 11.9. The van der Waals surface area contributed by atoms with Gasteiger partial charge in [-0.2, -0.15) is 13.2 Å². The Hall–Kier alpha value is -1.92. The summed E-state index contributed by atoms with van der Waals surface area (Å²) < 4.78 is 44.9. The summed E-state index contributed by atoms with van der Waals surface area (Å²) in [6.07, 6.45) is -5.73. The smallest absolute Gasteiger partial charge is 0.422 e. The number of amides is 1. The summed E-state index contributed by atoms with van der Waals surface area (Å²) in [5.74, 6) is 0.381. The van der Waals surface area contributed by atoms with Crippen molar-refractivity contribution in [2.24, 2.45) is 0 Å². The summed E-state index contributed by atoms with van der Waals surface area (Å²) in [7, 11) is 0. The molecule has 1 rings (SSSR count). The van der Waals surface area contributed by atoms with Crippen LogP contribution in [-0.2, 0) is 4.74 Å². The van der Waals surface area contributed by atoms with Crippen molar-refractivity contribution in [3.63, 3.8) is 0 Å². The lowest BCUT2D eigenvalue weighted by Crippen LogP contribution is -2.23. The largest absolute Gasteiger partial charge is 0.492 e. The predicted molar refractivity (Wildman–Crippen MR) is 63.4 cm³/mol. The minimum Gasteiger partial charge on any atom is -0.492 e. The van der Waals surface area contributed by atoms with Crippen molar-refractivity contribution in [1.82, 2.24) is 0 Å². The van der Waals surface area contributed by atoms with E-state index in [0.29, 0.717) is 12.4 Å². The van der Waals surface area contributed by atoms with Crippen molar-refractivity contribution in [3.8, 4) is 5.75 Å². The van der Waals surface area contributed by atoms with Crippen LogP contribution < -0.4 is 10.1 Å². The van der Waals surface area contributed by atoms with Gasteiger partial charge in [0.2, 0.25) is 0 Å². The van der Waals surface area contributed by atoms with E-state index in [9.17, 15) is 18.0 Å².